The van der Waals surface area contributed by atoms with E-state index in [0.717, 1.165) is 6.26 Å². The molecule has 2 N–H and O–H groups in total. The summed E-state index contributed by atoms with van der Waals surface area (Å²) in [6, 6.07) is 7.88. The minimum atomic E-state index is -3.94. The molecule has 0 aliphatic heterocycles. The number of hydrogen-bond donors (Lipinski definition) is 2. The quantitative estimate of drug-likeness (QED) is 0.755. The minimum Gasteiger partial charge on any atom is -0.282 e. The van der Waals surface area contributed by atoms with Crippen molar-refractivity contribution in [3.05, 3.63) is 51.5 Å². The molecule has 0 aliphatic rings. The maximum atomic E-state index is 12.3. The molecule has 24 heavy (non-hydrogen) atoms. The average Bonchev–Trinajstić information content (AvgIpc) is 2.39. The third-order valence-electron chi connectivity index (χ3n) is 2.66. The van der Waals surface area contributed by atoms with Crippen LogP contribution >= 0.6 is 34.8 Å². The molecule has 2 aromatic carbocycles. The lowest BCUT2D eigenvalue weighted by Crippen LogP contribution is -2.13. The monoisotopic (exact) mass is 428 g/mol. The highest BCUT2D eigenvalue weighted by Crippen LogP contribution is 2.28. The van der Waals surface area contributed by atoms with E-state index in [9.17, 15) is 16.8 Å². The third-order valence-corrected chi connectivity index (χ3v) is 5.36. The van der Waals surface area contributed by atoms with Crippen molar-refractivity contribution in [1.29, 1.82) is 0 Å². The van der Waals surface area contributed by atoms with Gasteiger partial charge in [-0.2, -0.15) is 0 Å². The molecule has 0 heterocycles. The van der Waals surface area contributed by atoms with Crippen LogP contribution in [0.4, 0.5) is 11.4 Å². The Labute approximate surface area is 154 Å². The van der Waals surface area contributed by atoms with E-state index >= 15 is 0 Å². The van der Waals surface area contributed by atoms with Crippen molar-refractivity contribution in [2.75, 3.05) is 15.7 Å². The lowest BCUT2D eigenvalue weighted by Gasteiger charge is -2.11. The highest BCUT2D eigenvalue weighted by atomic mass is 35.5. The van der Waals surface area contributed by atoms with Crippen LogP contribution in [0, 0.1) is 0 Å². The Kier molecular flexibility index (Phi) is 5.56. The Morgan fingerprint density at radius 3 is 1.92 bits per heavy atom. The van der Waals surface area contributed by atoms with Crippen LogP contribution in [0.3, 0.4) is 0 Å². The van der Waals surface area contributed by atoms with Crippen LogP contribution < -0.4 is 9.44 Å². The molecular formula is C13H11Cl3N2O4S2. The molecule has 130 valence electrons. The maximum Gasteiger partial charge on any atom is 0.261 e. The fraction of sp³-hybridized carbons (Fsp3) is 0.0769. The molecule has 11 heteroatoms. The van der Waals surface area contributed by atoms with E-state index in [0.29, 0.717) is 0 Å². The molecule has 0 spiro atoms. The van der Waals surface area contributed by atoms with Gasteiger partial charge in [-0.15, -0.1) is 0 Å². The van der Waals surface area contributed by atoms with Crippen LogP contribution in [0.15, 0.2) is 41.3 Å². The van der Waals surface area contributed by atoms with Crippen LogP contribution in [0.1, 0.15) is 0 Å². The van der Waals surface area contributed by atoms with Crippen LogP contribution in [0.2, 0.25) is 15.1 Å². The molecule has 2 aromatic rings. The summed E-state index contributed by atoms with van der Waals surface area (Å²) in [6.45, 7) is 0. The van der Waals surface area contributed by atoms with Crippen molar-refractivity contribution < 1.29 is 16.8 Å². The molecule has 0 unspecified atom stereocenters. The van der Waals surface area contributed by atoms with E-state index in [1.54, 1.807) is 0 Å². The molecule has 0 aliphatic carbocycles. The molecule has 0 fully saturated rings. The predicted molar refractivity (Wildman–Crippen MR) is 97.2 cm³/mol. The van der Waals surface area contributed by atoms with Crippen molar-refractivity contribution in [3.63, 3.8) is 0 Å². The number of nitrogens with one attached hydrogen (secondary N) is 2. The Morgan fingerprint density at radius 1 is 0.833 bits per heavy atom. The standard InChI is InChI=1S/C13H11Cl3N2O4S2/c1-23(19,20)18-13-3-2-10(7-12(13)16)17-24(21,22)11-5-8(14)4-9(15)6-11/h2-7,17-18H,1H3. The van der Waals surface area contributed by atoms with Crippen molar-refractivity contribution in [1.82, 2.24) is 0 Å². The van der Waals surface area contributed by atoms with E-state index < -0.39 is 20.0 Å². The summed E-state index contributed by atoms with van der Waals surface area (Å²) in [5.41, 5.74) is 0.281. The van der Waals surface area contributed by atoms with Crippen molar-refractivity contribution in [3.8, 4) is 0 Å². The van der Waals surface area contributed by atoms with Gasteiger partial charge in [0.05, 0.1) is 27.5 Å². The first kappa shape index (κ1) is 19.1. The highest BCUT2D eigenvalue weighted by Gasteiger charge is 2.17. The summed E-state index contributed by atoms with van der Waals surface area (Å²) in [4.78, 5) is -0.116. The molecule has 0 saturated heterocycles. The molecule has 0 atom stereocenters. The van der Waals surface area contributed by atoms with Gasteiger partial charge in [0.1, 0.15) is 0 Å². The SMILES string of the molecule is CS(=O)(=O)Nc1ccc(NS(=O)(=O)c2cc(Cl)cc(Cl)c2)cc1Cl. The first-order chi connectivity index (χ1) is 11.0. The van der Waals surface area contributed by atoms with E-state index in [4.69, 9.17) is 34.8 Å². The molecule has 0 radical (unpaired) electrons. The first-order valence-corrected chi connectivity index (χ1v) is 10.7. The fourth-order valence-electron chi connectivity index (χ4n) is 1.76. The van der Waals surface area contributed by atoms with Gasteiger partial charge in [0, 0.05) is 10.0 Å². The van der Waals surface area contributed by atoms with Crippen molar-refractivity contribution >= 4 is 66.2 Å². The molecule has 0 bridgehead atoms. The first-order valence-electron chi connectivity index (χ1n) is 6.22. The molecule has 0 aromatic heterocycles. The molecule has 0 saturated carbocycles. The zero-order valence-electron chi connectivity index (χ0n) is 12.0. The Hall–Kier alpha value is -1.19. The van der Waals surface area contributed by atoms with Gasteiger partial charge >= 0.3 is 0 Å². The third kappa shape index (κ3) is 5.15. The Bertz CT molecular complexity index is 972. The van der Waals surface area contributed by atoms with Gasteiger partial charge in [-0.05, 0) is 36.4 Å². The summed E-state index contributed by atoms with van der Waals surface area (Å²) in [7, 11) is -7.44. The summed E-state index contributed by atoms with van der Waals surface area (Å²) >= 11 is 17.6. The predicted octanol–water partition coefficient (Wildman–Crippen LogP) is 3.82. The number of halogens is 3. The van der Waals surface area contributed by atoms with Gasteiger partial charge in [-0.25, -0.2) is 16.8 Å². The Balaban J connectivity index is 2.32. The smallest absolute Gasteiger partial charge is 0.261 e. The maximum absolute atomic E-state index is 12.3. The second-order valence-electron chi connectivity index (χ2n) is 4.78. The van der Waals surface area contributed by atoms with E-state index in [1.807, 2.05) is 0 Å². The van der Waals surface area contributed by atoms with Crippen LogP contribution in [0.5, 0.6) is 0 Å². The average molecular weight is 430 g/mol. The molecule has 0 amide bonds. The number of anilines is 2. The van der Waals surface area contributed by atoms with Gasteiger partial charge < -0.3 is 0 Å². The van der Waals surface area contributed by atoms with Gasteiger partial charge in [-0.3, -0.25) is 9.44 Å². The van der Waals surface area contributed by atoms with Crippen LogP contribution in [-0.4, -0.2) is 23.1 Å². The molecular weight excluding hydrogens is 419 g/mol. The normalized spacial score (nSPS) is 12.0. The molecule has 6 nitrogen and oxygen atoms in total. The van der Waals surface area contributed by atoms with Gasteiger partial charge in [0.25, 0.3) is 10.0 Å². The topological polar surface area (TPSA) is 92.3 Å². The second kappa shape index (κ2) is 6.97. The largest absolute Gasteiger partial charge is 0.282 e. The van der Waals surface area contributed by atoms with Crippen molar-refractivity contribution in [2.24, 2.45) is 0 Å². The summed E-state index contributed by atoms with van der Waals surface area (Å²) < 4.78 is 51.6. The second-order valence-corrected chi connectivity index (χ2v) is 9.49. The lowest BCUT2D eigenvalue weighted by molar-refractivity contribution is 0.600. The number of rotatable bonds is 5. The summed E-state index contributed by atoms with van der Waals surface area (Å²) in [6.07, 6.45) is 0.975. The minimum absolute atomic E-state index is 0.0322. The Morgan fingerprint density at radius 2 is 1.42 bits per heavy atom. The van der Waals surface area contributed by atoms with Gasteiger partial charge in [0.15, 0.2) is 0 Å². The molecule has 2 rings (SSSR count). The van der Waals surface area contributed by atoms with Crippen molar-refractivity contribution in [2.45, 2.75) is 4.90 Å². The number of hydrogen-bond acceptors (Lipinski definition) is 4. The zero-order valence-corrected chi connectivity index (χ0v) is 15.9. The van der Waals surface area contributed by atoms with Crippen LogP contribution in [-0.2, 0) is 20.0 Å². The van der Waals surface area contributed by atoms with E-state index in [-0.39, 0.29) is 31.3 Å². The fourth-order valence-corrected chi connectivity index (χ4v) is 4.39. The number of benzene rings is 2. The van der Waals surface area contributed by atoms with E-state index in [1.165, 1.54) is 36.4 Å². The van der Waals surface area contributed by atoms with E-state index in [2.05, 4.69) is 9.44 Å². The van der Waals surface area contributed by atoms with Gasteiger partial charge in [-0.1, -0.05) is 34.8 Å². The number of sulfonamides is 2. The van der Waals surface area contributed by atoms with Gasteiger partial charge in [0.2, 0.25) is 10.0 Å². The zero-order chi connectivity index (χ0) is 18.1. The van der Waals surface area contributed by atoms with Crippen LogP contribution in [0.25, 0.3) is 0 Å². The lowest BCUT2D eigenvalue weighted by atomic mass is 10.3. The highest BCUT2D eigenvalue weighted by molar-refractivity contribution is 7.92. The summed E-state index contributed by atoms with van der Waals surface area (Å²) in [5, 5.41) is 0.381. The summed E-state index contributed by atoms with van der Waals surface area (Å²) in [5.74, 6) is 0.